The number of hydrogen-bond acceptors (Lipinski definition) is 5. The Kier molecular flexibility index (Phi) is 4.84. The van der Waals surface area contributed by atoms with Crippen molar-refractivity contribution in [3.05, 3.63) is 68.9 Å². The van der Waals surface area contributed by atoms with Gasteiger partial charge in [-0.15, -0.1) is 0 Å². The average molecular weight is 403 g/mol. The lowest BCUT2D eigenvalue weighted by Gasteiger charge is -2.10. The lowest BCUT2D eigenvalue weighted by molar-refractivity contribution is -0.137. The summed E-state index contributed by atoms with van der Waals surface area (Å²) in [5, 5.41) is 3.52. The molecule has 6 nitrogen and oxygen atoms in total. The minimum absolute atomic E-state index is 0.0529. The van der Waals surface area contributed by atoms with E-state index in [4.69, 9.17) is 27.9 Å². The number of nitrogens with zero attached hydrogens (tertiary/aromatic N) is 4. The Morgan fingerprint density at radius 3 is 2.42 bits per heavy atom. The molecule has 0 fully saturated rings. The summed E-state index contributed by atoms with van der Waals surface area (Å²) in [6, 6.07) is 4.86. The molecule has 0 N–H and O–H groups in total. The van der Waals surface area contributed by atoms with Crippen molar-refractivity contribution in [3.63, 3.8) is 0 Å². The number of halogens is 5. The van der Waals surface area contributed by atoms with Gasteiger partial charge in [0.25, 0.3) is 5.56 Å². The number of pyridine rings is 2. The average Bonchev–Trinajstić information content (AvgIpc) is 2.60. The van der Waals surface area contributed by atoms with Crippen LogP contribution >= 0.6 is 23.2 Å². The second kappa shape index (κ2) is 6.93. The number of hydrogen-bond donors (Lipinski definition) is 0. The number of alkyl halides is 3. The third-order valence-corrected chi connectivity index (χ3v) is 3.76. The normalized spacial score (nSPS) is 11.4. The van der Waals surface area contributed by atoms with Crippen LogP contribution in [0.5, 0.6) is 11.5 Å². The Morgan fingerprint density at radius 2 is 1.81 bits per heavy atom. The highest BCUT2D eigenvalue weighted by atomic mass is 35.5. The molecule has 0 spiro atoms. The molecule has 0 aromatic carbocycles. The fourth-order valence-electron chi connectivity index (χ4n) is 1.90. The van der Waals surface area contributed by atoms with Crippen molar-refractivity contribution in [2.24, 2.45) is 0 Å². The molecule has 0 bridgehead atoms. The quantitative estimate of drug-likeness (QED) is 0.615. The van der Waals surface area contributed by atoms with Gasteiger partial charge in [0.05, 0.1) is 11.8 Å². The fraction of sp³-hybridized carbons (Fsp3) is 0.0667. The lowest BCUT2D eigenvalue weighted by atomic mass is 10.3. The predicted octanol–water partition coefficient (Wildman–Crippen LogP) is 4.14. The third kappa shape index (κ3) is 3.63. The maximum Gasteiger partial charge on any atom is 0.417 e. The van der Waals surface area contributed by atoms with Crippen LogP contribution in [0.2, 0.25) is 10.2 Å². The van der Waals surface area contributed by atoms with Crippen molar-refractivity contribution in [1.82, 2.24) is 19.7 Å². The first-order valence-corrected chi connectivity index (χ1v) is 7.63. The van der Waals surface area contributed by atoms with E-state index in [0.29, 0.717) is 6.20 Å². The number of ether oxygens (including phenoxy) is 1. The summed E-state index contributed by atoms with van der Waals surface area (Å²) < 4.78 is 43.9. The van der Waals surface area contributed by atoms with Crippen molar-refractivity contribution in [3.8, 4) is 17.3 Å². The van der Waals surface area contributed by atoms with Crippen LogP contribution in [0.25, 0.3) is 5.82 Å². The standard InChI is InChI=1S/C15H7Cl2F3N4O2/c16-12-10(26-9-2-1-5-21-13(9)17)7-23-24(14(12)25)11-4-3-8(6-22-11)15(18,19)20/h1-7H. The van der Waals surface area contributed by atoms with Gasteiger partial charge in [0.15, 0.2) is 27.5 Å². The van der Waals surface area contributed by atoms with Crippen molar-refractivity contribution >= 4 is 23.2 Å². The maximum absolute atomic E-state index is 12.6. The molecule has 0 amide bonds. The number of rotatable bonds is 3. The van der Waals surface area contributed by atoms with Crippen molar-refractivity contribution in [2.45, 2.75) is 6.18 Å². The molecule has 3 aromatic heterocycles. The van der Waals surface area contributed by atoms with Gasteiger partial charge in [0.1, 0.15) is 0 Å². The van der Waals surface area contributed by atoms with Crippen LogP contribution in [0, 0.1) is 0 Å². The highest BCUT2D eigenvalue weighted by Crippen LogP contribution is 2.30. The smallest absolute Gasteiger partial charge is 0.417 e. The van der Waals surface area contributed by atoms with Crippen molar-refractivity contribution in [2.75, 3.05) is 0 Å². The van der Waals surface area contributed by atoms with Gasteiger partial charge in [-0.2, -0.15) is 23.0 Å². The summed E-state index contributed by atoms with van der Waals surface area (Å²) >= 11 is 11.8. The third-order valence-electron chi connectivity index (χ3n) is 3.12. The Labute approximate surface area is 153 Å². The van der Waals surface area contributed by atoms with Gasteiger partial charge >= 0.3 is 6.18 Å². The molecule has 0 aliphatic heterocycles. The van der Waals surface area contributed by atoms with Gasteiger partial charge in [-0.05, 0) is 24.3 Å². The van der Waals surface area contributed by atoms with Crippen LogP contribution in [-0.4, -0.2) is 19.7 Å². The van der Waals surface area contributed by atoms with Gasteiger partial charge in [-0.3, -0.25) is 4.79 Å². The number of aromatic nitrogens is 4. The molecule has 0 radical (unpaired) electrons. The van der Waals surface area contributed by atoms with Crippen LogP contribution in [0.4, 0.5) is 13.2 Å². The van der Waals surface area contributed by atoms with Crippen molar-refractivity contribution < 1.29 is 17.9 Å². The minimum Gasteiger partial charge on any atom is -0.451 e. The minimum atomic E-state index is -4.54. The molecule has 3 rings (SSSR count). The summed E-state index contributed by atoms with van der Waals surface area (Å²) in [7, 11) is 0. The van der Waals surface area contributed by atoms with Crippen LogP contribution in [-0.2, 0) is 6.18 Å². The Balaban J connectivity index is 1.95. The van der Waals surface area contributed by atoms with Crippen LogP contribution in [0.3, 0.4) is 0 Å². The van der Waals surface area contributed by atoms with E-state index >= 15 is 0 Å². The van der Waals surface area contributed by atoms with E-state index in [1.165, 1.54) is 12.3 Å². The second-order valence-electron chi connectivity index (χ2n) is 4.84. The van der Waals surface area contributed by atoms with Crippen LogP contribution < -0.4 is 10.3 Å². The van der Waals surface area contributed by atoms with E-state index < -0.39 is 17.3 Å². The highest BCUT2D eigenvalue weighted by Gasteiger charge is 2.30. The Morgan fingerprint density at radius 1 is 1.04 bits per heavy atom. The fourth-order valence-corrected chi connectivity index (χ4v) is 2.22. The second-order valence-corrected chi connectivity index (χ2v) is 5.57. The molecular weight excluding hydrogens is 396 g/mol. The van der Waals surface area contributed by atoms with E-state index in [2.05, 4.69) is 15.1 Å². The molecule has 0 aliphatic rings. The first-order valence-electron chi connectivity index (χ1n) is 6.87. The molecule has 0 atom stereocenters. The Bertz CT molecular complexity index is 1010. The molecular formula is C15H7Cl2F3N4O2. The van der Waals surface area contributed by atoms with E-state index in [-0.39, 0.29) is 27.5 Å². The topological polar surface area (TPSA) is 69.9 Å². The highest BCUT2D eigenvalue weighted by molar-refractivity contribution is 6.32. The van der Waals surface area contributed by atoms with Gasteiger partial charge < -0.3 is 4.74 Å². The van der Waals surface area contributed by atoms with Gasteiger partial charge in [-0.1, -0.05) is 23.2 Å². The van der Waals surface area contributed by atoms with Crippen LogP contribution in [0.1, 0.15) is 5.56 Å². The Hall–Kier alpha value is -2.65. The molecule has 0 unspecified atom stereocenters. The molecule has 3 heterocycles. The van der Waals surface area contributed by atoms with E-state index in [9.17, 15) is 18.0 Å². The molecule has 134 valence electrons. The van der Waals surface area contributed by atoms with E-state index in [1.54, 1.807) is 6.07 Å². The summed E-state index contributed by atoms with van der Waals surface area (Å²) in [6.45, 7) is 0. The van der Waals surface area contributed by atoms with E-state index in [0.717, 1.165) is 23.0 Å². The maximum atomic E-state index is 12.6. The predicted molar refractivity (Wildman–Crippen MR) is 87.0 cm³/mol. The summed E-state index contributed by atoms with van der Waals surface area (Å²) in [5.41, 5.74) is -1.77. The first kappa shape index (κ1) is 18.2. The summed E-state index contributed by atoms with van der Waals surface area (Å²) in [6.07, 6.45) is -1.38. The largest absolute Gasteiger partial charge is 0.451 e. The molecule has 26 heavy (non-hydrogen) atoms. The lowest BCUT2D eigenvalue weighted by Crippen LogP contribution is -2.23. The van der Waals surface area contributed by atoms with Gasteiger partial charge in [0, 0.05) is 12.4 Å². The monoisotopic (exact) mass is 402 g/mol. The molecule has 11 heteroatoms. The SMILES string of the molecule is O=c1c(Cl)c(Oc2cccnc2Cl)cnn1-c1ccc(C(F)(F)F)cn1. The van der Waals surface area contributed by atoms with Gasteiger partial charge in [0.2, 0.25) is 0 Å². The molecule has 0 saturated carbocycles. The zero-order valence-corrected chi connectivity index (χ0v) is 14.0. The zero-order chi connectivity index (χ0) is 18.9. The first-order chi connectivity index (χ1) is 12.3. The van der Waals surface area contributed by atoms with Gasteiger partial charge in [-0.25, -0.2) is 9.97 Å². The van der Waals surface area contributed by atoms with Crippen molar-refractivity contribution in [1.29, 1.82) is 0 Å². The zero-order valence-electron chi connectivity index (χ0n) is 12.5. The summed E-state index contributed by atoms with van der Waals surface area (Å²) in [5.74, 6) is -0.0618. The van der Waals surface area contributed by atoms with Crippen LogP contribution in [0.15, 0.2) is 47.7 Å². The van der Waals surface area contributed by atoms with E-state index in [1.807, 2.05) is 0 Å². The molecule has 3 aromatic rings. The molecule has 0 aliphatic carbocycles. The summed E-state index contributed by atoms with van der Waals surface area (Å²) in [4.78, 5) is 19.7. The molecule has 0 saturated heterocycles.